The molecule has 2 aromatic rings. The van der Waals surface area contributed by atoms with E-state index < -0.39 is 16.0 Å². The average molecular weight is 403 g/mol. The van der Waals surface area contributed by atoms with Crippen molar-refractivity contribution in [2.45, 2.75) is 18.4 Å². The number of nitrogens with zero attached hydrogens (tertiary/aromatic N) is 2. The van der Waals surface area contributed by atoms with Crippen molar-refractivity contribution in [3.63, 3.8) is 0 Å². The molecule has 0 aliphatic rings. The minimum Gasteiger partial charge on any atom is -0.455 e. The number of carbonyl (C=O) groups excluding carboxylic acids is 1. The molecule has 0 saturated heterocycles. The first-order chi connectivity index (χ1) is 10.7. The van der Waals surface area contributed by atoms with Crippen LogP contribution in [0.25, 0.3) is 0 Å². The summed E-state index contributed by atoms with van der Waals surface area (Å²) in [5, 5.41) is 3.72. The van der Waals surface area contributed by atoms with Gasteiger partial charge in [-0.25, -0.2) is 17.5 Å². The molecule has 0 saturated carbocycles. The Balaban J connectivity index is 2.23. The highest BCUT2D eigenvalue weighted by atomic mass is 79.9. The van der Waals surface area contributed by atoms with E-state index in [1.54, 1.807) is 13.0 Å². The molecule has 0 radical (unpaired) electrons. The lowest BCUT2D eigenvalue weighted by Crippen LogP contribution is -2.22. The van der Waals surface area contributed by atoms with Crippen molar-refractivity contribution in [2.24, 2.45) is 0 Å². The van der Waals surface area contributed by atoms with Gasteiger partial charge in [-0.1, -0.05) is 5.16 Å². The van der Waals surface area contributed by atoms with Crippen LogP contribution in [-0.2, 0) is 21.4 Å². The number of sulfonamides is 1. The normalized spacial score (nSPS) is 11.7. The Bertz CT molecular complexity index is 829. The first kappa shape index (κ1) is 17.6. The van der Waals surface area contributed by atoms with Crippen molar-refractivity contribution in [3.05, 3.63) is 45.8 Å². The van der Waals surface area contributed by atoms with E-state index in [1.807, 2.05) is 0 Å². The maximum absolute atomic E-state index is 12.2. The minimum atomic E-state index is -3.64. The molecule has 0 amide bonds. The number of carbonyl (C=O) groups is 1. The standard InChI is InChI=1S/C14H15BrN2O5S/c1-9-6-10(16-22-9)8-21-14(18)12-7-11(4-5-13(12)15)23(19,20)17(2)3/h4-7H,8H2,1-3H3. The Morgan fingerprint density at radius 3 is 2.61 bits per heavy atom. The number of hydrogen-bond donors (Lipinski definition) is 0. The fraction of sp³-hybridized carbons (Fsp3) is 0.286. The molecule has 7 nitrogen and oxygen atoms in total. The van der Waals surface area contributed by atoms with Crippen LogP contribution in [-0.4, -0.2) is 37.9 Å². The highest BCUT2D eigenvalue weighted by molar-refractivity contribution is 9.10. The molecule has 2 rings (SSSR count). The lowest BCUT2D eigenvalue weighted by Gasteiger charge is -2.13. The summed E-state index contributed by atoms with van der Waals surface area (Å²) >= 11 is 3.22. The zero-order chi connectivity index (χ0) is 17.2. The van der Waals surface area contributed by atoms with Crippen molar-refractivity contribution >= 4 is 31.9 Å². The molecule has 0 N–H and O–H groups in total. The van der Waals surface area contributed by atoms with Gasteiger partial charge >= 0.3 is 5.97 Å². The number of hydrogen-bond acceptors (Lipinski definition) is 6. The van der Waals surface area contributed by atoms with E-state index in [1.165, 1.54) is 32.3 Å². The van der Waals surface area contributed by atoms with Crippen LogP contribution in [0, 0.1) is 6.92 Å². The zero-order valence-corrected chi connectivity index (χ0v) is 15.1. The van der Waals surface area contributed by atoms with Gasteiger partial charge in [0.2, 0.25) is 10.0 Å². The molecular weight excluding hydrogens is 388 g/mol. The van der Waals surface area contributed by atoms with Crippen molar-refractivity contribution in [1.82, 2.24) is 9.46 Å². The van der Waals surface area contributed by atoms with E-state index in [0.29, 0.717) is 15.9 Å². The van der Waals surface area contributed by atoms with E-state index in [4.69, 9.17) is 9.26 Å². The number of halogens is 1. The summed E-state index contributed by atoms with van der Waals surface area (Å²) in [7, 11) is -0.798. The first-order valence-electron chi connectivity index (χ1n) is 6.53. The lowest BCUT2D eigenvalue weighted by molar-refractivity contribution is 0.0463. The number of rotatable bonds is 5. The van der Waals surface area contributed by atoms with Gasteiger partial charge in [-0.05, 0) is 41.1 Å². The van der Waals surface area contributed by atoms with E-state index >= 15 is 0 Å². The second-order valence-electron chi connectivity index (χ2n) is 4.93. The first-order valence-corrected chi connectivity index (χ1v) is 8.76. The second-order valence-corrected chi connectivity index (χ2v) is 7.94. The Kier molecular flexibility index (Phi) is 5.23. The quantitative estimate of drug-likeness (QED) is 0.712. The molecule has 0 aliphatic carbocycles. The maximum Gasteiger partial charge on any atom is 0.339 e. The average Bonchev–Trinajstić information content (AvgIpc) is 2.90. The van der Waals surface area contributed by atoms with Crippen molar-refractivity contribution < 1.29 is 22.5 Å². The molecule has 0 bridgehead atoms. The van der Waals surface area contributed by atoms with E-state index in [9.17, 15) is 13.2 Å². The van der Waals surface area contributed by atoms with Crippen LogP contribution in [0.1, 0.15) is 21.8 Å². The van der Waals surface area contributed by atoms with E-state index in [2.05, 4.69) is 21.1 Å². The molecule has 9 heteroatoms. The maximum atomic E-state index is 12.2. The fourth-order valence-corrected chi connectivity index (χ4v) is 3.07. The van der Waals surface area contributed by atoms with Crippen LogP contribution in [0.4, 0.5) is 0 Å². The smallest absolute Gasteiger partial charge is 0.339 e. The van der Waals surface area contributed by atoms with Gasteiger partial charge in [-0.15, -0.1) is 0 Å². The summed E-state index contributed by atoms with van der Waals surface area (Å²) in [5.74, 6) is -0.0513. The van der Waals surface area contributed by atoms with E-state index in [-0.39, 0.29) is 17.1 Å². The molecule has 0 spiro atoms. The summed E-state index contributed by atoms with van der Waals surface area (Å²) in [5.41, 5.74) is 0.595. The molecule has 1 heterocycles. The number of benzene rings is 1. The van der Waals surface area contributed by atoms with Gasteiger partial charge in [-0.3, -0.25) is 0 Å². The summed E-state index contributed by atoms with van der Waals surface area (Å²) < 4.78 is 35.8. The Hall–Kier alpha value is -1.71. The van der Waals surface area contributed by atoms with Crippen LogP contribution < -0.4 is 0 Å². The molecular formula is C14H15BrN2O5S. The Morgan fingerprint density at radius 2 is 2.04 bits per heavy atom. The number of esters is 1. The third-order valence-corrected chi connectivity index (χ3v) is 5.47. The summed E-state index contributed by atoms with van der Waals surface area (Å²) in [6.07, 6.45) is 0. The summed E-state index contributed by atoms with van der Waals surface area (Å²) in [4.78, 5) is 12.2. The summed E-state index contributed by atoms with van der Waals surface area (Å²) in [6.45, 7) is 1.66. The molecule has 0 aliphatic heterocycles. The second kappa shape index (κ2) is 6.81. The molecule has 124 valence electrons. The molecule has 23 heavy (non-hydrogen) atoms. The van der Waals surface area contributed by atoms with Gasteiger partial charge in [0.05, 0.1) is 10.5 Å². The number of ether oxygens (including phenoxy) is 1. The van der Waals surface area contributed by atoms with Crippen molar-refractivity contribution in [3.8, 4) is 0 Å². The van der Waals surface area contributed by atoms with Crippen LogP contribution in [0.2, 0.25) is 0 Å². The zero-order valence-electron chi connectivity index (χ0n) is 12.7. The SMILES string of the molecule is Cc1cc(COC(=O)c2cc(S(=O)(=O)N(C)C)ccc2Br)no1. The molecule has 0 fully saturated rings. The molecule has 1 aromatic heterocycles. The van der Waals surface area contributed by atoms with Crippen molar-refractivity contribution in [1.29, 1.82) is 0 Å². The van der Waals surface area contributed by atoms with Gasteiger partial charge in [-0.2, -0.15) is 0 Å². The Morgan fingerprint density at radius 1 is 1.35 bits per heavy atom. The van der Waals surface area contributed by atoms with Gasteiger partial charge < -0.3 is 9.26 Å². The van der Waals surface area contributed by atoms with Gasteiger partial charge in [0, 0.05) is 24.6 Å². The lowest BCUT2D eigenvalue weighted by atomic mass is 10.2. The highest BCUT2D eigenvalue weighted by Gasteiger charge is 2.21. The van der Waals surface area contributed by atoms with Crippen LogP contribution in [0.3, 0.4) is 0 Å². The van der Waals surface area contributed by atoms with Gasteiger partial charge in [0.15, 0.2) is 0 Å². The number of aryl methyl sites for hydroxylation is 1. The number of aromatic nitrogens is 1. The Labute approximate surface area is 142 Å². The summed E-state index contributed by atoms with van der Waals surface area (Å²) in [6, 6.07) is 5.83. The van der Waals surface area contributed by atoms with Crippen molar-refractivity contribution in [2.75, 3.05) is 14.1 Å². The highest BCUT2D eigenvalue weighted by Crippen LogP contribution is 2.23. The van der Waals surface area contributed by atoms with Crippen LogP contribution in [0.5, 0.6) is 0 Å². The third-order valence-electron chi connectivity index (χ3n) is 2.96. The van der Waals surface area contributed by atoms with Gasteiger partial charge in [0.25, 0.3) is 0 Å². The fourth-order valence-electron chi connectivity index (χ4n) is 1.74. The van der Waals surface area contributed by atoms with E-state index in [0.717, 1.165) is 4.31 Å². The monoisotopic (exact) mass is 402 g/mol. The topological polar surface area (TPSA) is 89.7 Å². The van der Waals surface area contributed by atoms with Gasteiger partial charge in [0.1, 0.15) is 18.1 Å². The molecule has 1 aromatic carbocycles. The largest absolute Gasteiger partial charge is 0.455 e. The van der Waals surface area contributed by atoms with Crippen LogP contribution in [0.15, 0.2) is 38.2 Å². The predicted molar refractivity (Wildman–Crippen MR) is 85.4 cm³/mol. The minimum absolute atomic E-state index is 0.00919. The third kappa shape index (κ3) is 3.98. The molecule has 0 unspecified atom stereocenters. The predicted octanol–water partition coefficient (Wildman–Crippen LogP) is 2.35. The molecule has 0 atom stereocenters. The van der Waals surface area contributed by atoms with Crippen LogP contribution >= 0.6 is 15.9 Å².